The molecule has 0 fully saturated rings. The van der Waals surface area contributed by atoms with Gasteiger partial charge in [-0.25, -0.2) is 9.97 Å². The third-order valence-electron chi connectivity index (χ3n) is 3.03. The van der Waals surface area contributed by atoms with E-state index in [1.54, 1.807) is 17.0 Å². The molecule has 2 N–H and O–H groups in total. The Hall–Kier alpha value is -3.20. The molecule has 6 nitrogen and oxygen atoms in total. The monoisotopic (exact) mass is 276 g/mol. The molecule has 0 spiro atoms. The normalized spacial score (nSPS) is 11.5. The Morgan fingerprint density at radius 2 is 2.14 bits per heavy atom. The van der Waals surface area contributed by atoms with Gasteiger partial charge in [0.1, 0.15) is 11.9 Å². The van der Waals surface area contributed by atoms with E-state index >= 15 is 0 Å². The molecule has 0 atom stereocenters. The van der Waals surface area contributed by atoms with Crippen LogP contribution < -0.4 is 5.73 Å². The van der Waals surface area contributed by atoms with E-state index in [1.165, 1.54) is 0 Å². The first-order valence-corrected chi connectivity index (χ1v) is 6.30. The van der Waals surface area contributed by atoms with Gasteiger partial charge in [0.25, 0.3) is 0 Å². The summed E-state index contributed by atoms with van der Waals surface area (Å²) in [6.07, 6.45) is 5.17. The summed E-state index contributed by atoms with van der Waals surface area (Å²) in [5.74, 6) is 0.681. The van der Waals surface area contributed by atoms with E-state index in [1.807, 2.05) is 37.5 Å². The van der Waals surface area contributed by atoms with E-state index in [4.69, 9.17) is 5.73 Å². The summed E-state index contributed by atoms with van der Waals surface area (Å²) in [5.41, 5.74) is 7.82. The molecule has 0 saturated heterocycles. The Bertz CT molecular complexity index is 885. The SMILES string of the molecule is Cn1cc(C=C(C#N)c2nc(N)c3ccccc3n2)cn1. The molecule has 3 aromatic rings. The number of hydrogen-bond acceptors (Lipinski definition) is 5. The smallest absolute Gasteiger partial charge is 0.172 e. The highest BCUT2D eigenvalue weighted by Crippen LogP contribution is 2.21. The van der Waals surface area contributed by atoms with Gasteiger partial charge in [0.15, 0.2) is 5.82 Å². The molecule has 1 aromatic carbocycles. The average Bonchev–Trinajstić information content (AvgIpc) is 2.90. The van der Waals surface area contributed by atoms with Gasteiger partial charge in [-0.3, -0.25) is 4.68 Å². The first-order valence-electron chi connectivity index (χ1n) is 6.30. The fourth-order valence-corrected chi connectivity index (χ4v) is 2.05. The molecule has 102 valence electrons. The predicted octanol–water partition coefficient (Wildman–Crippen LogP) is 2.01. The van der Waals surface area contributed by atoms with Gasteiger partial charge < -0.3 is 5.73 Å². The van der Waals surface area contributed by atoms with Gasteiger partial charge in [-0.15, -0.1) is 0 Å². The van der Waals surface area contributed by atoms with Crippen molar-refractivity contribution in [1.82, 2.24) is 19.7 Å². The Morgan fingerprint density at radius 1 is 1.33 bits per heavy atom. The van der Waals surface area contributed by atoms with Crippen molar-refractivity contribution >= 4 is 28.4 Å². The fraction of sp³-hybridized carbons (Fsp3) is 0.0667. The molecule has 0 aliphatic rings. The summed E-state index contributed by atoms with van der Waals surface area (Å²) in [4.78, 5) is 8.63. The minimum absolute atomic E-state index is 0.317. The van der Waals surface area contributed by atoms with E-state index < -0.39 is 0 Å². The number of rotatable bonds is 2. The lowest BCUT2D eigenvalue weighted by Crippen LogP contribution is -2.00. The van der Waals surface area contributed by atoms with Crippen LogP contribution in [-0.4, -0.2) is 19.7 Å². The predicted molar refractivity (Wildman–Crippen MR) is 80.6 cm³/mol. The standard InChI is InChI=1S/C15H12N6/c1-21-9-10(8-18-21)6-11(7-16)15-19-13-5-3-2-4-12(13)14(17)20-15/h2-6,8-9H,1H3,(H2,17,19,20). The first kappa shape index (κ1) is 12.8. The first-order chi connectivity index (χ1) is 10.2. The van der Waals surface area contributed by atoms with Gasteiger partial charge in [0.05, 0.1) is 17.3 Å². The lowest BCUT2D eigenvalue weighted by molar-refractivity contribution is 0.767. The zero-order valence-electron chi connectivity index (χ0n) is 11.4. The molecule has 0 unspecified atom stereocenters. The number of nitrogen functional groups attached to an aromatic ring is 1. The van der Waals surface area contributed by atoms with E-state index in [9.17, 15) is 5.26 Å². The number of fused-ring (bicyclic) bond motifs is 1. The molecule has 21 heavy (non-hydrogen) atoms. The molecular weight excluding hydrogens is 264 g/mol. The lowest BCUT2D eigenvalue weighted by Gasteiger charge is -2.04. The van der Waals surface area contributed by atoms with Crippen molar-refractivity contribution in [2.75, 3.05) is 5.73 Å². The number of para-hydroxylation sites is 1. The highest BCUT2D eigenvalue weighted by molar-refractivity contribution is 5.92. The van der Waals surface area contributed by atoms with Crippen LogP contribution in [0.5, 0.6) is 0 Å². The van der Waals surface area contributed by atoms with E-state index in [0.717, 1.165) is 10.9 Å². The molecule has 0 saturated carbocycles. The molecule has 6 heteroatoms. The van der Waals surface area contributed by atoms with Crippen molar-refractivity contribution in [1.29, 1.82) is 5.26 Å². The number of nitrogens with zero attached hydrogens (tertiary/aromatic N) is 5. The van der Waals surface area contributed by atoms with Gasteiger partial charge in [-0.2, -0.15) is 10.4 Å². The highest BCUT2D eigenvalue weighted by atomic mass is 15.2. The maximum atomic E-state index is 9.34. The summed E-state index contributed by atoms with van der Waals surface area (Å²) >= 11 is 0. The number of anilines is 1. The van der Waals surface area contributed by atoms with Crippen LogP contribution in [0.2, 0.25) is 0 Å². The summed E-state index contributed by atoms with van der Waals surface area (Å²) < 4.78 is 1.66. The molecule has 0 radical (unpaired) electrons. The molecule has 3 rings (SSSR count). The topological polar surface area (TPSA) is 93.4 Å². The third kappa shape index (κ3) is 2.44. The maximum Gasteiger partial charge on any atom is 0.172 e. The number of benzene rings is 1. The molecule has 0 bridgehead atoms. The molecule has 2 aromatic heterocycles. The van der Waals surface area contributed by atoms with Crippen molar-refractivity contribution in [3.8, 4) is 6.07 Å². The van der Waals surface area contributed by atoms with Gasteiger partial charge in [0, 0.05) is 24.2 Å². The van der Waals surface area contributed by atoms with Crippen molar-refractivity contribution in [2.24, 2.45) is 7.05 Å². The number of aromatic nitrogens is 4. The van der Waals surface area contributed by atoms with Crippen LogP contribution in [0, 0.1) is 11.3 Å². The second kappa shape index (κ2) is 5.06. The van der Waals surface area contributed by atoms with Crippen LogP contribution in [0.25, 0.3) is 22.6 Å². The van der Waals surface area contributed by atoms with Crippen LogP contribution in [0.15, 0.2) is 36.7 Å². The quantitative estimate of drug-likeness (QED) is 0.722. The second-order valence-electron chi connectivity index (χ2n) is 4.57. The fourth-order valence-electron chi connectivity index (χ4n) is 2.05. The van der Waals surface area contributed by atoms with E-state index in [2.05, 4.69) is 21.1 Å². The van der Waals surface area contributed by atoms with Crippen LogP contribution in [0.3, 0.4) is 0 Å². The summed E-state index contributed by atoms with van der Waals surface area (Å²) in [7, 11) is 1.81. The van der Waals surface area contributed by atoms with Crippen molar-refractivity contribution < 1.29 is 0 Å². The number of nitrogens with two attached hydrogens (primary N) is 1. The van der Waals surface area contributed by atoms with Crippen LogP contribution in [0.1, 0.15) is 11.4 Å². The average molecular weight is 276 g/mol. The number of hydrogen-bond donors (Lipinski definition) is 1. The van der Waals surface area contributed by atoms with Crippen molar-refractivity contribution in [3.63, 3.8) is 0 Å². The van der Waals surface area contributed by atoms with Gasteiger partial charge in [-0.05, 0) is 18.2 Å². The Morgan fingerprint density at radius 3 is 2.86 bits per heavy atom. The van der Waals surface area contributed by atoms with Crippen molar-refractivity contribution in [3.05, 3.63) is 48.0 Å². The Labute approximate surface area is 121 Å². The van der Waals surface area contributed by atoms with E-state index in [0.29, 0.717) is 22.7 Å². The minimum Gasteiger partial charge on any atom is -0.383 e. The van der Waals surface area contributed by atoms with Gasteiger partial charge >= 0.3 is 0 Å². The van der Waals surface area contributed by atoms with E-state index in [-0.39, 0.29) is 0 Å². The molecule has 0 amide bonds. The molecule has 2 heterocycles. The highest BCUT2D eigenvalue weighted by Gasteiger charge is 2.09. The van der Waals surface area contributed by atoms with Crippen LogP contribution in [-0.2, 0) is 7.05 Å². The van der Waals surface area contributed by atoms with Crippen molar-refractivity contribution in [2.45, 2.75) is 0 Å². The zero-order chi connectivity index (χ0) is 14.8. The Kier molecular flexibility index (Phi) is 3.09. The summed E-state index contributed by atoms with van der Waals surface area (Å²) in [6, 6.07) is 9.55. The number of aryl methyl sites for hydroxylation is 1. The maximum absolute atomic E-state index is 9.34. The molecular formula is C15H12N6. The second-order valence-corrected chi connectivity index (χ2v) is 4.57. The van der Waals surface area contributed by atoms with Crippen LogP contribution in [0.4, 0.5) is 5.82 Å². The Balaban J connectivity index is 2.14. The summed E-state index contributed by atoms with van der Waals surface area (Å²) in [5, 5.41) is 14.2. The third-order valence-corrected chi connectivity index (χ3v) is 3.03. The summed E-state index contributed by atoms with van der Waals surface area (Å²) in [6.45, 7) is 0. The number of nitriles is 1. The molecule has 0 aliphatic heterocycles. The lowest BCUT2D eigenvalue weighted by atomic mass is 10.1. The zero-order valence-corrected chi connectivity index (χ0v) is 11.4. The molecule has 0 aliphatic carbocycles. The van der Waals surface area contributed by atoms with Gasteiger partial charge in [-0.1, -0.05) is 12.1 Å². The minimum atomic E-state index is 0.317. The largest absolute Gasteiger partial charge is 0.383 e. The van der Waals surface area contributed by atoms with Crippen LogP contribution >= 0.6 is 0 Å². The number of allylic oxidation sites excluding steroid dienone is 1. The van der Waals surface area contributed by atoms with Gasteiger partial charge in [0.2, 0.25) is 0 Å².